The summed E-state index contributed by atoms with van der Waals surface area (Å²) in [6.07, 6.45) is 3.95. The van der Waals surface area contributed by atoms with E-state index in [1.807, 2.05) is 42.6 Å². The molecular formula is C26H20Cl3N3O2S. The molecule has 35 heavy (non-hydrogen) atoms. The van der Waals surface area contributed by atoms with Gasteiger partial charge in [-0.05, 0) is 48.0 Å². The van der Waals surface area contributed by atoms with E-state index in [1.165, 1.54) is 11.8 Å². The van der Waals surface area contributed by atoms with Crippen LogP contribution < -0.4 is 15.4 Å². The van der Waals surface area contributed by atoms with Gasteiger partial charge in [-0.15, -0.1) is 0 Å². The molecule has 1 atom stereocenters. The standard InChI is InChI=1S/C26H20Cl3N3O2S/c1-34-23-9-8-18(28)12-21(23)30-26-31-25(33)24(35-26)10-16-14-32(22-5-3-2-4-19(16)22)13-15-6-7-17(27)11-20(15)29/h2-12,14,26,30H,13H2,1H3,(H,31,33)/b24-10-. The molecule has 0 saturated carbocycles. The number of benzene rings is 3. The Hall–Kier alpha value is -2.77. The van der Waals surface area contributed by atoms with Gasteiger partial charge in [-0.1, -0.05) is 70.8 Å². The van der Waals surface area contributed by atoms with Crippen LogP contribution in [-0.2, 0) is 11.3 Å². The Labute approximate surface area is 222 Å². The van der Waals surface area contributed by atoms with E-state index in [0.717, 1.165) is 22.0 Å². The molecule has 5 nitrogen and oxygen atoms in total. The molecule has 1 fully saturated rings. The number of methoxy groups -OCH3 is 1. The third-order valence-electron chi connectivity index (χ3n) is 5.64. The number of thioether (sulfide) groups is 1. The number of rotatable bonds is 6. The van der Waals surface area contributed by atoms with Crippen molar-refractivity contribution in [2.24, 2.45) is 0 Å². The quantitative estimate of drug-likeness (QED) is 0.251. The summed E-state index contributed by atoms with van der Waals surface area (Å²) in [7, 11) is 1.59. The predicted molar refractivity (Wildman–Crippen MR) is 147 cm³/mol. The maximum Gasteiger partial charge on any atom is 0.260 e. The number of carbonyl (C=O) groups is 1. The third kappa shape index (κ3) is 5.11. The molecule has 9 heteroatoms. The average Bonchev–Trinajstić information content (AvgIpc) is 3.35. The van der Waals surface area contributed by atoms with Gasteiger partial charge in [0.25, 0.3) is 5.91 Å². The van der Waals surface area contributed by atoms with E-state index >= 15 is 0 Å². The molecule has 178 valence electrons. The van der Waals surface area contributed by atoms with Crippen LogP contribution >= 0.6 is 46.6 Å². The number of para-hydroxylation sites is 1. The maximum absolute atomic E-state index is 12.8. The third-order valence-corrected chi connectivity index (χ3v) is 7.49. The number of ether oxygens (including phenoxy) is 1. The zero-order valence-corrected chi connectivity index (χ0v) is 21.6. The first-order valence-corrected chi connectivity index (χ1v) is 12.7. The van der Waals surface area contributed by atoms with Gasteiger partial charge < -0.3 is 19.9 Å². The Balaban J connectivity index is 1.43. The van der Waals surface area contributed by atoms with Crippen LogP contribution in [0.25, 0.3) is 17.0 Å². The first kappa shape index (κ1) is 23.9. The number of hydrogen-bond acceptors (Lipinski definition) is 4. The van der Waals surface area contributed by atoms with Gasteiger partial charge in [-0.2, -0.15) is 0 Å². The maximum atomic E-state index is 12.8. The van der Waals surface area contributed by atoms with Crippen LogP contribution in [0.4, 0.5) is 5.69 Å². The van der Waals surface area contributed by atoms with E-state index in [1.54, 1.807) is 31.4 Å². The molecule has 0 bridgehead atoms. The summed E-state index contributed by atoms with van der Waals surface area (Å²) in [6, 6.07) is 18.9. The Kier molecular flexibility index (Phi) is 6.89. The summed E-state index contributed by atoms with van der Waals surface area (Å²) in [5, 5.41) is 9.09. The van der Waals surface area contributed by atoms with Crippen molar-refractivity contribution in [1.82, 2.24) is 9.88 Å². The number of fused-ring (bicyclic) bond motifs is 1. The van der Waals surface area contributed by atoms with Crippen molar-refractivity contribution in [2.75, 3.05) is 12.4 Å². The second kappa shape index (κ2) is 10.1. The molecular weight excluding hydrogens is 525 g/mol. The fourth-order valence-corrected chi connectivity index (χ4v) is 5.60. The van der Waals surface area contributed by atoms with Gasteiger partial charge in [0.1, 0.15) is 5.75 Å². The van der Waals surface area contributed by atoms with Crippen LogP contribution in [0.3, 0.4) is 0 Å². The zero-order chi connectivity index (χ0) is 24.5. The van der Waals surface area contributed by atoms with Crippen LogP contribution in [0.1, 0.15) is 11.1 Å². The molecule has 0 spiro atoms. The summed E-state index contributed by atoms with van der Waals surface area (Å²) in [5.74, 6) is 0.497. The number of hydrogen-bond donors (Lipinski definition) is 2. The lowest BCUT2D eigenvalue weighted by Gasteiger charge is -2.15. The fourth-order valence-electron chi connectivity index (χ4n) is 4.00. The van der Waals surface area contributed by atoms with Crippen LogP contribution in [0.15, 0.2) is 71.8 Å². The normalized spacial score (nSPS) is 16.6. The van der Waals surface area contributed by atoms with Crippen molar-refractivity contribution in [3.05, 3.63) is 98.0 Å². The van der Waals surface area contributed by atoms with E-state index in [-0.39, 0.29) is 11.4 Å². The van der Waals surface area contributed by atoms with Gasteiger partial charge >= 0.3 is 0 Å². The van der Waals surface area contributed by atoms with E-state index in [9.17, 15) is 4.79 Å². The van der Waals surface area contributed by atoms with Crippen molar-refractivity contribution in [2.45, 2.75) is 12.0 Å². The van der Waals surface area contributed by atoms with Gasteiger partial charge in [0.15, 0.2) is 5.50 Å². The van der Waals surface area contributed by atoms with Crippen LogP contribution in [0.5, 0.6) is 5.75 Å². The molecule has 2 N–H and O–H groups in total. The lowest BCUT2D eigenvalue weighted by molar-refractivity contribution is -0.116. The number of carbonyl (C=O) groups excluding carboxylic acids is 1. The molecule has 1 unspecified atom stereocenters. The van der Waals surface area contributed by atoms with Crippen LogP contribution in [-0.4, -0.2) is 23.1 Å². The van der Waals surface area contributed by atoms with Crippen molar-refractivity contribution in [1.29, 1.82) is 0 Å². The van der Waals surface area contributed by atoms with Crippen molar-refractivity contribution in [3.8, 4) is 5.75 Å². The molecule has 1 amide bonds. The SMILES string of the molecule is COc1ccc(Cl)cc1NC1NC(=O)/C(=C/c2cn(Cc3ccc(Cl)cc3Cl)c3ccccc23)S1. The minimum absolute atomic E-state index is 0.147. The lowest BCUT2D eigenvalue weighted by Crippen LogP contribution is -2.31. The first-order valence-electron chi connectivity index (χ1n) is 10.7. The smallest absolute Gasteiger partial charge is 0.260 e. The van der Waals surface area contributed by atoms with Crippen LogP contribution in [0, 0.1) is 0 Å². The molecule has 1 aliphatic rings. The first-order chi connectivity index (χ1) is 16.9. The fraction of sp³-hybridized carbons (Fsp3) is 0.115. The highest BCUT2D eigenvalue weighted by Crippen LogP contribution is 2.35. The van der Waals surface area contributed by atoms with Gasteiger partial charge in [0.2, 0.25) is 0 Å². The Morgan fingerprint density at radius 3 is 2.66 bits per heavy atom. The Morgan fingerprint density at radius 2 is 1.86 bits per heavy atom. The monoisotopic (exact) mass is 543 g/mol. The number of amides is 1. The highest BCUT2D eigenvalue weighted by Gasteiger charge is 2.28. The Bertz CT molecular complexity index is 1470. The molecule has 0 aliphatic carbocycles. The van der Waals surface area contributed by atoms with E-state index in [4.69, 9.17) is 39.5 Å². The van der Waals surface area contributed by atoms with Gasteiger partial charge in [-0.25, -0.2) is 0 Å². The average molecular weight is 545 g/mol. The second-order valence-electron chi connectivity index (χ2n) is 7.93. The molecule has 1 aromatic heterocycles. The summed E-state index contributed by atoms with van der Waals surface area (Å²) in [6.45, 7) is 0.581. The second-order valence-corrected chi connectivity index (χ2v) is 10.4. The number of anilines is 1. The predicted octanol–water partition coefficient (Wildman–Crippen LogP) is 7.26. The lowest BCUT2D eigenvalue weighted by atomic mass is 10.1. The molecule has 1 aliphatic heterocycles. The molecule has 2 heterocycles. The molecule has 0 radical (unpaired) electrons. The van der Waals surface area contributed by atoms with Gasteiger partial charge in [0.05, 0.1) is 17.7 Å². The molecule has 5 rings (SSSR count). The number of aromatic nitrogens is 1. The number of nitrogens with zero attached hydrogens (tertiary/aromatic N) is 1. The molecule has 4 aromatic rings. The zero-order valence-electron chi connectivity index (χ0n) is 18.5. The summed E-state index contributed by atoms with van der Waals surface area (Å²) < 4.78 is 7.52. The largest absolute Gasteiger partial charge is 0.495 e. The molecule has 3 aromatic carbocycles. The van der Waals surface area contributed by atoms with E-state index < -0.39 is 0 Å². The van der Waals surface area contributed by atoms with E-state index in [0.29, 0.717) is 38.0 Å². The minimum Gasteiger partial charge on any atom is -0.495 e. The molecule has 1 saturated heterocycles. The summed E-state index contributed by atoms with van der Waals surface area (Å²) >= 11 is 20.0. The van der Waals surface area contributed by atoms with Gasteiger partial charge in [-0.3, -0.25) is 4.79 Å². The van der Waals surface area contributed by atoms with Crippen LogP contribution in [0.2, 0.25) is 15.1 Å². The highest BCUT2D eigenvalue weighted by atomic mass is 35.5. The number of halogens is 3. The number of nitrogens with one attached hydrogen (secondary N) is 2. The van der Waals surface area contributed by atoms with E-state index in [2.05, 4.69) is 21.3 Å². The topological polar surface area (TPSA) is 55.3 Å². The van der Waals surface area contributed by atoms with Gasteiger partial charge in [0, 0.05) is 44.3 Å². The Morgan fingerprint density at radius 1 is 1.09 bits per heavy atom. The summed E-state index contributed by atoms with van der Waals surface area (Å²) in [5.41, 5.74) is 3.30. The minimum atomic E-state index is -0.359. The van der Waals surface area contributed by atoms with Crippen molar-refractivity contribution in [3.63, 3.8) is 0 Å². The van der Waals surface area contributed by atoms with Crippen molar-refractivity contribution >= 4 is 75.1 Å². The van der Waals surface area contributed by atoms with Crippen molar-refractivity contribution < 1.29 is 9.53 Å². The highest BCUT2D eigenvalue weighted by molar-refractivity contribution is 8.05. The summed E-state index contributed by atoms with van der Waals surface area (Å²) in [4.78, 5) is 13.4.